The van der Waals surface area contributed by atoms with Gasteiger partial charge in [0, 0.05) is 10.6 Å². The molecular weight excluding hydrogens is 355 g/mol. The van der Waals surface area contributed by atoms with E-state index in [9.17, 15) is 14.7 Å². The topological polar surface area (TPSA) is 87.7 Å². The molecule has 0 heterocycles. The van der Waals surface area contributed by atoms with Crippen molar-refractivity contribution in [3.05, 3.63) is 58.1 Å². The summed E-state index contributed by atoms with van der Waals surface area (Å²) in [5.41, 5.74) is 4.67. The van der Waals surface area contributed by atoms with Crippen molar-refractivity contribution in [1.29, 1.82) is 0 Å². The molecule has 6 nitrogen and oxygen atoms in total. The number of amides is 2. The summed E-state index contributed by atoms with van der Waals surface area (Å²) in [6.45, 7) is 1.50. The van der Waals surface area contributed by atoms with Gasteiger partial charge in [0.1, 0.15) is 11.5 Å². The Bertz CT molecular complexity index is 767. The Labute approximate surface area is 148 Å². The first-order chi connectivity index (χ1) is 11.4. The van der Waals surface area contributed by atoms with Crippen LogP contribution in [-0.2, 0) is 4.79 Å². The van der Waals surface area contributed by atoms with E-state index in [4.69, 9.17) is 27.9 Å². The van der Waals surface area contributed by atoms with Gasteiger partial charge in [-0.05, 0) is 43.3 Å². The first kappa shape index (κ1) is 17.9. The van der Waals surface area contributed by atoms with Gasteiger partial charge in [0.15, 0.2) is 6.10 Å². The summed E-state index contributed by atoms with van der Waals surface area (Å²) in [5, 5.41) is 10.0. The van der Waals surface area contributed by atoms with Crippen molar-refractivity contribution in [2.75, 3.05) is 0 Å². The standard InChI is InChI=1S/C16H14Cl2N2O4/c1-9(24-14-6-5-11(17)8-13(14)18)15(22)19-20-16(23)10-3-2-4-12(21)7-10/h2-9,21H,1H3,(H,19,22)(H,20,23)/t9-/m1/s1. The summed E-state index contributed by atoms with van der Waals surface area (Å²) >= 11 is 11.8. The third-order valence-electron chi connectivity index (χ3n) is 2.97. The number of halogens is 2. The van der Waals surface area contributed by atoms with Crippen molar-refractivity contribution in [2.45, 2.75) is 13.0 Å². The molecule has 8 heteroatoms. The third-order valence-corrected chi connectivity index (χ3v) is 3.50. The Kier molecular flexibility index (Phi) is 5.89. The number of ether oxygens (including phenoxy) is 1. The second-order valence-electron chi connectivity index (χ2n) is 4.83. The Morgan fingerprint density at radius 2 is 1.88 bits per heavy atom. The minimum atomic E-state index is -0.909. The Hall–Kier alpha value is -2.44. The highest BCUT2D eigenvalue weighted by Crippen LogP contribution is 2.28. The van der Waals surface area contributed by atoms with Gasteiger partial charge < -0.3 is 9.84 Å². The number of rotatable bonds is 4. The summed E-state index contributed by atoms with van der Waals surface area (Å²) in [6, 6.07) is 10.3. The van der Waals surface area contributed by atoms with E-state index in [1.54, 1.807) is 12.1 Å². The molecule has 0 bridgehead atoms. The number of aromatic hydroxyl groups is 1. The van der Waals surface area contributed by atoms with Crippen LogP contribution in [0.25, 0.3) is 0 Å². The fourth-order valence-electron chi connectivity index (χ4n) is 1.75. The van der Waals surface area contributed by atoms with E-state index in [0.29, 0.717) is 10.8 Å². The molecule has 0 aromatic heterocycles. The van der Waals surface area contributed by atoms with Gasteiger partial charge in [-0.2, -0.15) is 0 Å². The number of hydrogen-bond donors (Lipinski definition) is 3. The Morgan fingerprint density at radius 1 is 1.12 bits per heavy atom. The van der Waals surface area contributed by atoms with Gasteiger partial charge in [0.25, 0.3) is 11.8 Å². The molecule has 0 aliphatic carbocycles. The number of phenols is 1. The van der Waals surface area contributed by atoms with Crippen LogP contribution in [0.4, 0.5) is 0 Å². The SMILES string of the molecule is C[C@@H](Oc1ccc(Cl)cc1Cl)C(=O)NNC(=O)c1cccc(O)c1. The molecule has 0 aliphatic rings. The second-order valence-corrected chi connectivity index (χ2v) is 5.67. The fourth-order valence-corrected chi connectivity index (χ4v) is 2.21. The summed E-state index contributed by atoms with van der Waals surface area (Å²) in [6.07, 6.45) is -0.909. The number of carbonyl (C=O) groups excluding carboxylic acids is 2. The first-order valence-corrected chi connectivity index (χ1v) is 7.63. The average molecular weight is 369 g/mol. The Morgan fingerprint density at radius 3 is 2.54 bits per heavy atom. The number of phenolic OH excluding ortho intramolecular Hbond substituents is 1. The maximum atomic E-state index is 12.0. The summed E-state index contributed by atoms with van der Waals surface area (Å²) < 4.78 is 5.43. The average Bonchev–Trinajstić information content (AvgIpc) is 2.54. The van der Waals surface area contributed by atoms with Gasteiger partial charge in [0.05, 0.1) is 5.02 Å². The highest BCUT2D eigenvalue weighted by atomic mass is 35.5. The third kappa shape index (κ3) is 4.78. The number of hydrogen-bond acceptors (Lipinski definition) is 4. The second kappa shape index (κ2) is 7.90. The quantitative estimate of drug-likeness (QED) is 0.724. The van der Waals surface area contributed by atoms with Crippen LogP contribution < -0.4 is 15.6 Å². The smallest absolute Gasteiger partial charge is 0.279 e. The largest absolute Gasteiger partial charge is 0.508 e. The zero-order chi connectivity index (χ0) is 17.7. The molecular formula is C16H14Cl2N2O4. The number of carbonyl (C=O) groups is 2. The minimum Gasteiger partial charge on any atom is -0.508 e. The zero-order valence-electron chi connectivity index (χ0n) is 12.5. The predicted octanol–water partition coefficient (Wildman–Crippen LogP) is 2.93. The Balaban J connectivity index is 1.90. The van der Waals surface area contributed by atoms with Crippen LogP contribution in [0, 0.1) is 0 Å². The molecule has 0 spiro atoms. The van der Waals surface area contributed by atoms with Gasteiger partial charge in [-0.25, -0.2) is 0 Å². The molecule has 0 saturated heterocycles. The van der Waals surface area contributed by atoms with Gasteiger partial charge in [-0.15, -0.1) is 0 Å². The van der Waals surface area contributed by atoms with Crippen LogP contribution in [-0.4, -0.2) is 23.0 Å². The van der Waals surface area contributed by atoms with Crippen LogP contribution >= 0.6 is 23.2 Å². The lowest BCUT2D eigenvalue weighted by atomic mass is 10.2. The normalized spacial score (nSPS) is 11.5. The molecule has 3 N–H and O–H groups in total. The van der Waals surface area contributed by atoms with E-state index in [-0.39, 0.29) is 16.3 Å². The fraction of sp³-hybridized carbons (Fsp3) is 0.125. The van der Waals surface area contributed by atoms with E-state index in [2.05, 4.69) is 10.9 Å². The van der Waals surface area contributed by atoms with E-state index < -0.39 is 17.9 Å². The lowest BCUT2D eigenvalue weighted by Gasteiger charge is -2.16. The van der Waals surface area contributed by atoms with Crippen molar-refractivity contribution in [3.63, 3.8) is 0 Å². The van der Waals surface area contributed by atoms with Crippen LogP contribution in [0.2, 0.25) is 10.0 Å². The zero-order valence-corrected chi connectivity index (χ0v) is 14.1. The van der Waals surface area contributed by atoms with Crippen LogP contribution in [0.1, 0.15) is 17.3 Å². The van der Waals surface area contributed by atoms with Gasteiger partial charge >= 0.3 is 0 Å². The van der Waals surface area contributed by atoms with E-state index in [0.717, 1.165) is 0 Å². The molecule has 2 aromatic rings. The lowest BCUT2D eigenvalue weighted by Crippen LogP contribution is -2.47. The van der Waals surface area contributed by atoms with Gasteiger partial charge in [-0.1, -0.05) is 29.3 Å². The lowest BCUT2D eigenvalue weighted by molar-refractivity contribution is -0.128. The van der Waals surface area contributed by atoms with Crippen molar-refractivity contribution >= 4 is 35.0 Å². The predicted molar refractivity (Wildman–Crippen MR) is 90.3 cm³/mol. The summed E-state index contributed by atoms with van der Waals surface area (Å²) in [4.78, 5) is 23.8. The highest BCUT2D eigenvalue weighted by Gasteiger charge is 2.17. The molecule has 2 rings (SSSR count). The molecule has 0 saturated carbocycles. The first-order valence-electron chi connectivity index (χ1n) is 6.88. The summed E-state index contributed by atoms with van der Waals surface area (Å²) in [5.74, 6) is -0.906. The maximum Gasteiger partial charge on any atom is 0.279 e. The molecule has 0 unspecified atom stereocenters. The molecule has 24 heavy (non-hydrogen) atoms. The van der Waals surface area contributed by atoms with Crippen molar-refractivity contribution in [2.24, 2.45) is 0 Å². The van der Waals surface area contributed by atoms with E-state index in [1.807, 2.05) is 0 Å². The highest BCUT2D eigenvalue weighted by molar-refractivity contribution is 6.35. The van der Waals surface area contributed by atoms with E-state index in [1.165, 1.54) is 37.3 Å². The molecule has 2 amide bonds. The van der Waals surface area contributed by atoms with Crippen molar-refractivity contribution < 1.29 is 19.4 Å². The van der Waals surface area contributed by atoms with Gasteiger partial charge in [0.2, 0.25) is 0 Å². The molecule has 0 fully saturated rings. The van der Waals surface area contributed by atoms with E-state index >= 15 is 0 Å². The molecule has 126 valence electrons. The van der Waals surface area contributed by atoms with Crippen LogP contribution in [0.5, 0.6) is 11.5 Å². The molecule has 0 radical (unpaired) electrons. The van der Waals surface area contributed by atoms with Crippen LogP contribution in [0.3, 0.4) is 0 Å². The van der Waals surface area contributed by atoms with Crippen LogP contribution in [0.15, 0.2) is 42.5 Å². The number of hydrazine groups is 1. The maximum absolute atomic E-state index is 12.0. The molecule has 0 aliphatic heterocycles. The number of nitrogens with one attached hydrogen (secondary N) is 2. The summed E-state index contributed by atoms with van der Waals surface area (Å²) in [7, 11) is 0. The minimum absolute atomic E-state index is 0.0527. The monoisotopic (exact) mass is 368 g/mol. The molecule has 2 aromatic carbocycles. The van der Waals surface area contributed by atoms with Crippen molar-refractivity contribution in [1.82, 2.24) is 10.9 Å². The molecule has 1 atom stereocenters. The number of benzene rings is 2. The van der Waals surface area contributed by atoms with Gasteiger partial charge in [-0.3, -0.25) is 20.4 Å². The van der Waals surface area contributed by atoms with Crippen molar-refractivity contribution in [3.8, 4) is 11.5 Å².